The van der Waals surface area contributed by atoms with Crippen LogP contribution in [0.3, 0.4) is 0 Å². The van der Waals surface area contributed by atoms with Gasteiger partial charge in [0, 0.05) is 0 Å². The van der Waals surface area contributed by atoms with Gasteiger partial charge in [-0.1, -0.05) is 0 Å². The fraction of sp³-hybridized carbons (Fsp3) is 0.250. The predicted octanol–water partition coefficient (Wildman–Crippen LogP) is 1.11. The largest absolute Gasteiger partial charge is 0.466 e. The highest BCUT2D eigenvalue weighted by Gasteiger charge is 2.11. The van der Waals surface area contributed by atoms with Crippen LogP contribution in [0.5, 0.6) is 0 Å². The number of carbonyl (C=O) groups is 1. The molecule has 1 amide bonds. The molecular weight excluding hydrogens is 156 g/mol. The van der Waals surface area contributed by atoms with Gasteiger partial charge in [-0.2, -0.15) is 5.26 Å². The minimum absolute atomic E-state index is 0.411. The summed E-state index contributed by atoms with van der Waals surface area (Å²) in [5.74, 6) is 0.766. The van der Waals surface area contributed by atoms with E-state index in [4.69, 9.17) is 9.68 Å². The maximum atomic E-state index is 11.1. The number of carbonyl (C=O) groups excluding carboxylic acids is 1. The van der Waals surface area contributed by atoms with Gasteiger partial charge in [0.2, 0.25) is 0 Å². The van der Waals surface area contributed by atoms with Crippen LogP contribution in [-0.2, 0) is 0 Å². The Morgan fingerprint density at radius 3 is 2.75 bits per heavy atom. The molecule has 4 nitrogen and oxygen atoms in total. The van der Waals surface area contributed by atoms with Gasteiger partial charge in [-0.15, -0.1) is 0 Å². The van der Waals surface area contributed by atoms with E-state index in [0.29, 0.717) is 17.1 Å². The van der Waals surface area contributed by atoms with E-state index >= 15 is 0 Å². The van der Waals surface area contributed by atoms with E-state index in [-0.39, 0.29) is 0 Å². The summed E-state index contributed by atoms with van der Waals surface area (Å²) in [5, 5.41) is 10.2. The molecule has 0 radical (unpaired) electrons. The lowest BCUT2D eigenvalue weighted by atomic mass is 10.2. The van der Waals surface area contributed by atoms with Crippen LogP contribution in [0, 0.1) is 25.3 Å². The molecular formula is C8H8N2O2. The van der Waals surface area contributed by atoms with Crippen LogP contribution < -0.4 is 5.32 Å². The zero-order valence-electron chi connectivity index (χ0n) is 6.84. The fourth-order valence-electron chi connectivity index (χ4n) is 0.974. The van der Waals surface area contributed by atoms with Crippen molar-refractivity contribution < 1.29 is 9.21 Å². The van der Waals surface area contributed by atoms with Crippen molar-refractivity contribution in [3.8, 4) is 6.19 Å². The second kappa shape index (κ2) is 3.09. The molecule has 1 aromatic heterocycles. The van der Waals surface area contributed by atoms with Crippen LogP contribution in [0.15, 0.2) is 10.5 Å². The molecule has 0 saturated heterocycles. The van der Waals surface area contributed by atoms with E-state index in [1.807, 2.05) is 5.32 Å². The number of hydrogen-bond acceptors (Lipinski definition) is 3. The van der Waals surface area contributed by atoms with Gasteiger partial charge in [0.1, 0.15) is 11.5 Å². The molecule has 12 heavy (non-hydrogen) atoms. The standard InChI is InChI=1S/C8H8N2O2/c1-5-3-7(6(2)12-5)8(11)10-4-9/h3H,1-2H3,(H,10,11). The predicted molar refractivity (Wildman–Crippen MR) is 41.3 cm³/mol. The molecule has 0 aliphatic rings. The maximum absolute atomic E-state index is 11.1. The average molecular weight is 164 g/mol. The molecule has 0 unspecified atom stereocenters. The van der Waals surface area contributed by atoms with E-state index < -0.39 is 5.91 Å². The molecule has 1 heterocycles. The first-order chi connectivity index (χ1) is 5.65. The summed E-state index contributed by atoms with van der Waals surface area (Å²) in [6.45, 7) is 3.43. The third kappa shape index (κ3) is 1.45. The molecule has 0 aliphatic carbocycles. The molecule has 1 aromatic rings. The molecule has 1 rings (SSSR count). The summed E-state index contributed by atoms with van der Waals surface area (Å²) in [6.07, 6.45) is 1.56. The van der Waals surface area contributed by atoms with E-state index in [1.54, 1.807) is 26.1 Å². The molecule has 0 saturated carbocycles. The zero-order valence-corrected chi connectivity index (χ0v) is 6.84. The molecule has 62 valence electrons. The van der Waals surface area contributed by atoms with E-state index in [0.717, 1.165) is 0 Å². The Balaban J connectivity index is 2.96. The van der Waals surface area contributed by atoms with E-state index in [2.05, 4.69) is 0 Å². The van der Waals surface area contributed by atoms with Crippen molar-refractivity contribution in [1.82, 2.24) is 5.32 Å². The zero-order chi connectivity index (χ0) is 9.14. The van der Waals surface area contributed by atoms with Gasteiger partial charge in [-0.3, -0.25) is 10.1 Å². The molecule has 0 spiro atoms. The third-order valence-electron chi connectivity index (χ3n) is 1.46. The summed E-state index contributed by atoms with van der Waals surface area (Å²) in [7, 11) is 0. The molecule has 0 fully saturated rings. The van der Waals surface area contributed by atoms with E-state index in [1.165, 1.54) is 0 Å². The van der Waals surface area contributed by atoms with Crippen LogP contribution in [0.25, 0.3) is 0 Å². The minimum atomic E-state index is -0.424. The second-order valence-corrected chi connectivity index (χ2v) is 2.39. The first-order valence-electron chi connectivity index (χ1n) is 3.41. The highest BCUT2D eigenvalue weighted by atomic mass is 16.3. The highest BCUT2D eigenvalue weighted by molar-refractivity contribution is 5.96. The van der Waals surface area contributed by atoms with E-state index in [9.17, 15) is 4.79 Å². The van der Waals surface area contributed by atoms with Crippen molar-refractivity contribution in [1.29, 1.82) is 5.26 Å². The Morgan fingerprint density at radius 1 is 1.67 bits per heavy atom. The summed E-state index contributed by atoms with van der Waals surface area (Å²) in [4.78, 5) is 11.1. The molecule has 0 atom stereocenters. The molecule has 0 aliphatic heterocycles. The SMILES string of the molecule is Cc1cc(C(=O)NC#N)c(C)o1. The molecule has 0 aromatic carbocycles. The summed E-state index contributed by atoms with van der Waals surface area (Å²) >= 11 is 0. The Morgan fingerprint density at radius 2 is 2.33 bits per heavy atom. The number of rotatable bonds is 1. The van der Waals surface area contributed by atoms with Crippen molar-refractivity contribution in [2.75, 3.05) is 0 Å². The van der Waals surface area contributed by atoms with Gasteiger partial charge < -0.3 is 4.42 Å². The van der Waals surface area contributed by atoms with Gasteiger partial charge in [-0.25, -0.2) is 0 Å². The normalized spacial score (nSPS) is 9.08. The maximum Gasteiger partial charge on any atom is 0.267 e. The van der Waals surface area contributed by atoms with Gasteiger partial charge in [-0.05, 0) is 19.9 Å². The topological polar surface area (TPSA) is 66.0 Å². The smallest absolute Gasteiger partial charge is 0.267 e. The summed E-state index contributed by atoms with van der Waals surface area (Å²) in [5.41, 5.74) is 0.411. The van der Waals surface area contributed by atoms with Crippen molar-refractivity contribution in [2.24, 2.45) is 0 Å². The number of aryl methyl sites for hydroxylation is 2. The third-order valence-corrected chi connectivity index (χ3v) is 1.46. The van der Waals surface area contributed by atoms with Crippen LogP contribution in [0.4, 0.5) is 0 Å². The van der Waals surface area contributed by atoms with Crippen molar-refractivity contribution in [3.63, 3.8) is 0 Å². The summed E-state index contributed by atoms with van der Waals surface area (Å²) in [6, 6.07) is 1.60. The Bertz CT molecular complexity index is 346. The molecule has 0 bridgehead atoms. The van der Waals surface area contributed by atoms with Crippen LogP contribution in [0.2, 0.25) is 0 Å². The fourth-order valence-corrected chi connectivity index (χ4v) is 0.974. The number of hydrogen-bond donors (Lipinski definition) is 1. The van der Waals surface area contributed by atoms with Gasteiger partial charge in [0.25, 0.3) is 5.91 Å². The second-order valence-electron chi connectivity index (χ2n) is 2.39. The lowest BCUT2D eigenvalue weighted by molar-refractivity contribution is 0.0971. The average Bonchev–Trinajstić information content (AvgIpc) is 2.30. The van der Waals surface area contributed by atoms with Gasteiger partial charge in [0.15, 0.2) is 6.19 Å². The number of furan rings is 1. The van der Waals surface area contributed by atoms with Crippen molar-refractivity contribution in [2.45, 2.75) is 13.8 Å². The Kier molecular flexibility index (Phi) is 2.15. The Labute approximate surface area is 69.8 Å². The molecule has 1 N–H and O–H groups in total. The van der Waals surface area contributed by atoms with Gasteiger partial charge >= 0.3 is 0 Å². The van der Waals surface area contributed by atoms with Crippen LogP contribution >= 0.6 is 0 Å². The molecule has 4 heteroatoms. The monoisotopic (exact) mass is 164 g/mol. The number of nitrogens with zero attached hydrogens (tertiary/aromatic N) is 1. The quantitative estimate of drug-likeness (QED) is 0.499. The van der Waals surface area contributed by atoms with Crippen molar-refractivity contribution >= 4 is 5.91 Å². The first-order valence-corrected chi connectivity index (χ1v) is 3.41. The highest BCUT2D eigenvalue weighted by Crippen LogP contribution is 2.12. The number of amides is 1. The summed E-state index contributed by atoms with van der Waals surface area (Å²) < 4.78 is 5.11. The Hall–Kier alpha value is -1.76. The lowest BCUT2D eigenvalue weighted by Gasteiger charge is -1.91. The van der Waals surface area contributed by atoms with Crippen molar-refractivity contribution in [3.05, 3.63) is 23.2 Å². The minimum Gasteiger partial charge on any atom is -0.466 e. The number of nitrogens with one attached hydrogen (secondary N) is 1. The number of nitriles is 1. The first kappa shape index (κ1) is 8.34. The van der Waals surface area contributed by atoms with Crippen LogP contribution in [0.1, 0.15) is 21.9 Å². The lowest BCUT2D eigenvalue weighted by Crippen LogP contribution is -2.17. The van der Waals surface area contributed by atoms with Crippen LogP contribution in [-0.4, -0.2) is 5.91 Å². The van der Waals surface area contributed by atoms with Gasteiger partial charge in [0.05, 0.1) is 5.56 Å².